The number of phenols is 1. The summed E-state index contributed by atoms with van der Waals surface area (Å²) in [5.41, 5.74) is 3.70. The summed E-state index contributed by atoms with van der Waals surface area (Å²) in [6.45, 7) is 4.99. The highest BCUT2D eigenvalue weighted by Gasteiger charge is 2.24. The average Bonchev–Trinajstić information content (AvgIpc) is 2.87. The molecular weight excluding hydrogens is 430 g/mol. The van der Waals surface area contributed by atoms with E-state index < -0.39 is 6.04 Å². The second-order valence-electron chi connectivity index (χ2n) is 8.25. The zero-order valence-electron chi connectivity index (χ0n) is 19.2. The number of para-hydroxylation sites is 2. The molecule has 1 fully saturated rings. The number of rotatable bonds is 8. The van der Waals surface area contributed by atoms with Crippen molar-refractivity contribution in [2.45, 2.75) is 13.0 Å². The van der Waals surface area contributed by atoms with Crippen molar-refractivity contribution in [1.29, 1.82) is 0 Å². The summed E-state index contributed by atoms with van der Waals surface area (Å²) in [5, 5.41) is 15.9. The average molecular weight is 460 g/mol. The summed E-state index contributed by atoms with van der Waals surface area (Å²) >= 11 is 0. The van der Waals surface area contributed by atoms with Crippen LogP contribution in [0.2, 0.25) is 0 Å². The fourth-order valence-electron chi connectivity index (χ4n) is 4.01. The molecule has 0 aliphatic carbocycles. The fraction of sp³-hybridized carbons (Fsp3) is 0.259. The van der Waals surface area contributed by atoms with Crippen molar-refractivity contribution >= 4 is 23.1 Å². The van der Waals surface area contributed by atoms with E-state index in [-0.39, 0.29) is 24.0 Å². The van der Waals surface area contributed by atoms with Gasteiger partial charge in [0, 0.05) is 30.8 Å². The van der Waals surface area contributed by atoms with E-state index in [1.165, 1.54) is 12.1 Å². The van der Waals surface area contributed by atoms with Gasteiger partial charge in [-0.1, -0.05) is 30.3 Å². The van der Waals surface area contributed by atoms with E-state index in [0.29, 0.717) is 24.3 Å². The number of aromatic hydroxyl groups is 1. The summed E-state index contributed by atoms with van der Waals surface area (Å²) in [6, 6.07) is 20.5. The SMILES string of the molecule is Cc1ccccc1C(=O)NC(CNc1ccccc1N1CCOCC1)C(=O)c1ccc(O)cc1. The van der Waals surface area contributed by atoms with Gasteiger partial charge >= 0.3 is 0 Å². The molecule has 3 aromatic carbocycles. The summed E-state index contributed by atoms with van der Waals surface area (Å²) in [7, 11) is 0. The lowest BCUT2D eigenvalue weighted by molar-refractivity contribution is 0.0862. The van der Waals surface area contributed by atoms with E-state index >= 15 is 0 Å². The van der Waals surface area contributed by atoms with E-state index in [1.54, 1.807) is 24.3 Å². The van der Waals surface area contributed by atoms with Crippen LogP contribution in [0.5, 0.6) is 5.75 Å². The number of carbonyl (C=O) groups is 2. The smallest absolute Gasteiger partial charge is 0.252 e. The fourth-order valence-corrected chi connectivity index (χ4v) is 4.01. The van der Waals surface area contributed by atoms with Gasteiger partial charge in [-0.2, -0.15) is 0 Å². The lowest BCUT2D eigenvalue weighted by Crippen LogP contribution is -2.45. The van der Waals surface area contributed by atoms with E-state index in [1.807, 2.05) is 43.3 Å². The molecule has 1 aliphatic heterocycles. The Morgan fingerprint density at radius 3 is 2.38 bits per heavy atom. The first-order valence-electron chi connectivity index (χ1n) is 11.4. The van der Waals surface area contributed by atoms with E-state index in [2.05, 4.69) is 15.5 Å². The molecule has 34 heavy (non-hydrogen) atoms. The molecule has 4 rings (SSSR count). The number of hydrogen-bond donors (Lipinski definition) is 3. The third-order valence-corrected chi connectivity index (χ3v) is 5.92. The van der Waals surface area contributed by atoms with Gasteiger partial charge in [-0.15, -0.1) is 0 Å². The molecule has 1 atom stereocenters. The summed E-state index contributed by atoms with van der Waals surface area (Å²) in [4.78, 5) is 28.6. The van der Waals surface area contributed by atoms with Crippen LogP contribution < -0.4 is 15.5 Å². The summed E-state index contributed by atoms with van der Waals surface area (Å²) in [5.74, 6) is -0.466. The van der Waals surface area contributed by atoms with Crippen LogP contribution >= 0.6 is 0 Å². The lowest BCUT2D eigenvalue weighted by Gasteiger charge is -2.31. The van der Waals surface area contributed by atoms with Crippen LogP contribution in [-0.2, 0) is 4.74 Å². The van der Waals surface area contributed by atoms with Crippen molar-refractivity contribution in [3.05, 3.63) is 89.5 Å². The van der Waals surface area contributed by atoms with Gasteiger partial charge in [-0.25, -0.2) is 0 Å². The molecule has 3 N–H and O–H groups in total. The number of hydrogen-bond acceptors (Lipinski definition) is 6. The topological polar surface area (TPSA) is 90.9 Å². The van der Waals surface area contributed by atoms with Crippen LogP contribution in [0.3, 0.4) is 0 Å². The van der Waals surface area contributed by atoms with Gasteiger partial charge in [0.15, 0.2) is 5.78 Å². The number of phenolic OH excluding ortho intramolecular Hbond substituents is 1. The zero-order valence-corrected chi connectivity index (χ0v) is 19.2. The summed E-state index contributed by atoms with van der Waals surface area (Å²) in [6.07, 6.45) is 0. The number of nitrogens with one attached hydrogen (secondary N) is 2. The molecule has 1 saturated heterocycles. The van der Waals surface area contributed by atoms with Gasteiger partial charge in [0.25, 0.3) is 5.91 Å². The number of aryl methyl sites for hydroxylation is 1. The maximum Gasteiger partial charge on any atom is 0.252 e. The van der Waals surface area contributed by atoms with E-state index in [9.17, 15) is 14.7 Å². The highest BCUT2D eigenvalue weighted by Crippen LogP contribution is 2.26. The van der Waals surface area contributed by atoms with Crippen LogP contribution in [0.15, 0.2) is 72.8 Å². The van der Waals surface area contributed by atoms with Gasteiger partial charge in [0.05, 0.1) is 24.6 Å². The molecule has 3 aromatic rings. The van der Waals surface area contributed by atoms with Crippen LogP contribution in [-0.4, -0.2) is 55.7 Å². The molecule has 1 aliphatic rings. The normalized spacial score (nSPS) is 14.3. The van der Waals surface area contributed by atoms with Gasteiger partial charge in [0.2, 0.25) is 0 Å². The lowest BCUT2D eigenvalue weighted by atomic mass is 10.0. The predicted octanol–water partition coefficient (Wildman–Crippen LogP) is 3.63. The molecule has 0 radical (unpaired) electrons. The maximum absolute atomic E-state index is 13.4. The second kappa shape index (κ2) is 10.9. The van der Waals surface area contributed by atoms with Gasteiger partial charge < -0.3 is 25.4 Å². The van der Waals surface area contributed by atoms with Crippen LogP contribution in [0.4, 0.5) is 11.4 Å². The van der Waals surface area contributed by atoms with Gasteiger partial charge in [-0.3, -0.25) is 9.59 Å². The Balaban J connectivity index is 1.56. The quantitative estimate of drug-likeness (QED) is 0.446. The molecule has 0 spiro atoms. The third kappa shape index (κ3) is 5.55. The molecule has 0 bridgehead atoms. The predicted molar refractivity (Wildman–Crippen MR) is 133 cm³/mol. The number of morpholine rings is 1. The number of nitrogens with zero attached hydrogens (tertiary/aromatic N) is 1. The molecule has 1 heterocycles. The van der Waals surface area contributed by atoms with Crippen LogP contribution in [0, 0.1) is 6.92 Å². The van der Waals surface area contributed by atoms with Crippen molar-refractivity contribution in [3.63, 3.8) is 0 Å². The number of carbonyl (C=O) groups excluding carboxylic acids is 2. The molecule has 7 nitrogen and oxygen atoms in total. The largest absolute Gasteiger partial charge is 0.508 e. The minimum atomic E-state index is -0.811. The Hall–Kier alpha value is -3.84. The van der Waals surface area contributed by atoms with Gasteiger partial charge in [-0.05, 0) is 55.0 Å². The monoisotopic (exact) mass is 459 g/mol. The number of Topliss-reactive ketones (excluding diaryl/α,β-unsaturated/α-hetero) is 1. The van der Waals surface area contributed by atoms with Crippen molar-refractivity contribution in [3.8, 4) is 5.75 Å². The first kappa shape index (κ1) is 23.3. The number of anilines is 2. The van der Waals surface area contributed by atoms with E-state index in [0.717, 1.165) is 30.0 Å². The second-order valence-corrected chi connectivity index (χ2v) is 8.25. The van der Waals surface area contributed by atoms with Crippen molar-refractivity contribution in [2.24, 2.45) is 0 Å². The number of ether oxygens (including phenoxy) is 1. The standard InChI is InChI=1S/C27H29N3O4/c1-19-6-2-3-7-22(19)27(33)29-24(26(32)20-10-12-21(31)13-11-20)18-28-23-8-4-5-9-25(23)30-14-16-34-17-15-30/h2-13,24,28,31H,14-18H2,1H3,(H,29,33). The third-order valence-electron chi connectivity index (χ3n) is 5.92. The Morgan fingerprint density at radius 2 is 1.65 bits per heavy atom. The molecule has 1 unspecified atom stereocenters. The van der Waals surface area contributed by atoms with Crippen LogP contribution in [0.25, 0.3) is 0 Å². The first-order valence-corrected chi connectivity index (χ1v) is 11.4. The zero-order chi connectivity index (χ0) is 23.9. The highest BCUT2D eigenvalue weighted by atomic mass is 16.5. The maximum atomic E-state index is 13.4. The van der Waals surface area contributed by atoms with Crippen molar-refractivity contribution in [1.82, 2.24) is 5.32 Å². The highest BCUT2D eigenvalue weighted by molar-refractivity contribution is 6.05. The minimum absolute atomic E-state index is 0.0783. The number of ketones is 1. The molecule has 176 valence electrons. The molecule has 7 heteroatoms. The Morgan fingerprint density at radius 1 is 0.971 bits per heavy atom. The van der Waals surface area contributed by atoms with Gasteiger partial charge in [0.1, 0.15) is 11.8 Å². The molecular formula is C27H29N3O4. The minimum Gasteiger partial charge on any atom is -0.508 e. The number of amides is 1. The van der Waals surface area contributed by atoms with Crippen molar-refractivity contribution < 1.29 is 19.4 Å². The summed E-state index contributed by atoms with van der Waals surface area (Å²) < 4.78 is 5.47. The van der Waals surface area contributed by atoms with E-state index in [4.69, 9.17) is 4.74 Å². The number of benzene rings is 3. The van der Waals surface area contributed by atoms with Crippen LogP contribution in [0.1, 0.15) is 26.3 Å². The Kier molecular flexibility index (Phi) is 7.44. The molecule has 0 aromatic heterocycles. The van der Waals surface area contributed by atoms with Crippen molar-refractivity contribution in [2.75, 3.05) is 43.1 Å². The molecule has 1 amide bonds. The first-order chi connectivity index (χ1) is 16.5. The Bertz CT molecular complexity index is 1140. The molecule has 0 saturated carbocycles. The Labute approximate surface area is 199 Å².